The molecule has 2 aliphatic rings. The summed E-state index contributed by atoms with van der Waals surface area (Å²) < 4.78 is 32.2. The number of benzene rings is 2. The monoisotopic (exact) mass is 523 g/mol. The van der Waals surface area contributed by atoms with E-state index in [1.54, 1.807) is 18.2 Å². The van der Waals surface area contributed by atoms with Crippen LogP contribution in [0.2, 0.25) is 0 Å². The Hall–Kier alpha value is -3.50. The molecular formula is C27H29N3O6S. The molecule has 0 aliphatic carbocycles. The van der Waals surface area contributed by atoms with Crippen LogP contribution in [-0.2, 0) is 26.0 Å². The van der Waals surface area contributed by atoms with E-state index in [9.17, 15) is 22.8 Å². The first kappa shape index (κ1) is 25.2. The topological polar surface area (TPSA) is 117 Å². The lowest BCUT2D eigenvalue weighted by atomic mass is 9.94. The number of hydrogen-bond acceptors (Lipinski definition) is 7. The number of hydrogen-bond donors (Lipinski definition) is 1. The predicted molar refractivity (Wildman–Crippen MR) is 139 cm³/mol. The molecule has 0 amide bonds. The van der Waals surface area contributed by atoms with Crippen LogP contribution in [0.4, 0.5) is 5.69 Å². The van der Waals surface area contributed by atoms with E-state index in [-0.39, 0.29) is 40.1 Å². The number of aromatic nitrogens is 1. The second-order valence-electron chi connectivity index (χ2n) is 9.91. The second kappa shape index (κ2) is 9.42. The number of nitrogens with zero attached hydrogens (tertiary/aromatic N) is 2. The summed E-state index contributed by atoms with van der Waals surface area (Å²) in [6.45, 7) is 2.81. The van der Waals surface area contributed by atoms with E-state index < -0.39 is 16.1 Å². The fraction of sp³-hybridized carbons (Fsp3) is 0.370. The number of pyridine rings is 1. The normalized spacial score (nSPS) is 19.8. The van der Waals surface area contributed by atoms with Gasteiger partial charge in [0.25, 0.3) is 0 Å². The molecule has 1 N–H and O–H groups in total. The van der Waals surface area contributed by atoms with E-state index in [2.05, 4.69) is 4.98 Å². The summed E-state index contributed by atoms with van der Waals surface area (Å²) in [6.07, 6.45) is 1.59. The molecule has 0 radical (unpaired) electrons. The molecule has 5 rings (SSSR count). The third kappa shape index (κ3) is 4.55. The highest BCUT2D eigenvalue weighted by Gasteiger charge is 2.44. The number of sulfonamides is 1. The molecule has 0 bridgehead atoms. The molecule has 1 aromatic heterocycles. The van der Waals surface area contributed by atoms with Crippen molar-refractivity contribution in [3.8, 4) is 0 Å². The van der Waals surface area contributed by atoms with E-state index in [1.807, 2.05) is 17.9 Å². The number of esters is 1. The number of ketones is 1. The molecule has 2 fully saturated rings. The number of fused-ring (bicyclic) bond motifs is 2. The average Bonchev–Trinajstić information content (AvgIpc) is 3.29. The van der Waals surface area contributed by atoms with Gasteiger partial charge >= 0.3 is 5.97 Å². The summed E-state index contributed by atoms with van der Waals surface area (Å²) in [4.78, 5) is 42.9. The number of H-pyrrole nitrogens is 1. The molecule has 2 aromatic carbocycles. The zero-order valence-electron chi connectivity index (χ0n) is 21.0. The van der Waals surface area contributed by atoms with Gasteiger partial charge in [0, 0.05) is 55.3 Å². The molecule has 3 heterocycles. The highest BCUT2D eigenvalue weighted by atomic mass is 32.2. The van der Waals surface area contributed by atoms with Gasteiger partial charge in [0.15, 0.2) is 5.78 Å². The van der Waals surface area contributed by atoms with E-state index in [1.165, 1.54) is 32.3 Å². The molecule has 37 heavy (non-hydrogen) atoms. The van der Waals surface area contributed by atoms with Crippen LogP contribution < -0.4 is 10.5 Å². The largest absolute Gasteiger partial charge is 0.464 e. The fourth-order valence-corrected chi connectivity index (χ4v) is 6.29. The molecule has 10 heteroatoms. The maximum absolute atomic E-state index is 13.7. The standard InChI is InChI=1S/C27H29N3O6S/c1-16-12-25(32)28-22-6-4-17(13-20(16)22)14-24(31)21-15-19(37(34,35)29(2)3)5-7-23(21)30-10-8-18-9-11-36-27(33)26(18)30/h4-7,12-13,15,18,26H,8-11,14H2,1-3H3,(H,28,32). The van der Waals surface area contributed by atoms with Crippen LogP contribution in [-0.4, -0.2) is 62.7 Å². The van der Waals surface area contributed by atoms with Crippen molar-refractivity contribution in [3.63, 3.8) is 0 Å². The molecule has 9 nitrogen and oxygen atoms in total. The van der Waals surface area contributed by atoms with Crippen molar-refractivity contribution in [1.29, 1.82) is 0 Å². The van der Waals surface area contributed by atoms with Crippen molar-refractivity contribution < 1.29 is 22.7 Å². The molecule has 3 aromatic rings. The van der Waals surface area contributed by atoms with Crippen molar-refractivity contribution in [3.05, 3.63) is 69.5 Å². The fourth-order valence-electron chi connectivity index (χ4n) is 5.37. The lowest BCUT2D eigenvalue weighted by Crippen LogP contribution is -2.44. The van der Waals surface area contributed by atoms with Crippen LogP contribution in [0.1, 0.15) is 34.3 Å². The molecule has 2 saturated heterocycles. The number of nitrogens with one attached hydrogen (secondary N) is 1. The molecule has 2 unspecified atom stereocenters. The molecule has 0 spiro atoms. The molecule has 2 aliphatic heterocycles. The number of carbonyl (C=O) groups is 2. The van der Waals surface area contributed by atoms with E-state index >= 15 is 0 Å². The average molecular weight is 524 g/mol. The first-order chi connectivity index (χ1) is 17.6. The second-order valence-corrected chi connectivity index (χ2v) is 12.1. The van der Waals surface area contributed by atoms with Crippen molar-refractivity contribution in [2.45, 2.75) is 37.1 Å². The zero-order valence-corrected chi connectivity index (χ0v) is 21.8. The highest BCUT2D eigenvalue weighted by molar-refractivity contribution is 7.89. The Labute approximate surface area is 215 Å². The third-order valence-electron chi connectivity index (χ3n) is 7.33. The van der Waals surface area contributed by atoms with Gasteiger partial charge in [0.1, 0.15) is 6.04 Å². The van der Waals surface area contributed by atoms with E-state index in [4.69, 9.17) is 4.74 Å². The van der Waals surface area contributed by atoms with Gasteiger partial charge in [-0.25, -0.2) is 17.5 Å². The third-order valence-corrected chi connectivity index (χ3v) is 9.14. The van der Waals surface area contributed by atoms with Crippen LogP contribution in [0.5, 0.6) is 0 Å². The Morgan fingerprint density at radius 1 is 1.11 bits per heavy atom. The molecule has 0 saturated carbocycles. The Morgan fingerprint density at radius 3 is 2.65 bits per heavy atom. The van der Waals surface area contributed by atoms with Gasteiger partial charge in [-0.15, -0.1) is 0 Å². The van der Waals surface area contributed by atoms with Crippen molar-refractivity contribution in [2.75, 3.05) is 32.1 Å². The number of carbonyl (C=O) groups excluding carboxylic acids is 2. The highest BCUT2D eigenvalue weighted by Crippen LogP contribution is 2.38. The number of aryl methyl sites for hydroxylation is 1. The quantitative estimate of drug-likeness (QED) is 0.390. The Balaban J connectivity index is 1.57. The smallest absolute Gasteiger partial charge is 0.329 e. The summed E-state index contributed by atoms with van der Waals surface area (Å²) in [7, 11) is -0.901. The van der Waals surface area contributed by atoms with Crippen LogP contribution >= 0.6 is 0 Å². The van der Waals surface area contributed by atoms with Crippen molar-refractivity contribution in [1.82, 2.24) is 9.29 Å². The number of aromatic amines is 1. The minimum absolute atomic E-state index is 0.0125. The number of anilines is 1. The van der Waals surface area contributed by atoms with Crippen LogP contribution in [0.25, 0.3) is 10.9 Å². The van der Waals surface area contributed by atoms with Crippen LogP contribution in [0.3, 0.4) is 0 Å². The predicted octanol–water partition coefficient (Wildman–Crippen LogP) is 2.65. The summed E-state index contributed by atoms with van der Waals surface area (Å²) in [5.74, 6) is -0.434. The first-order valence-electron chi connectivity index (χ1n) is 12.2. The van der Waals surface area contributed by atoms with Crippen LogP contribution in [0, 0.1) is 12.8 Å². The number of ether oxygens (including phenoxy) is 1. The van der Waals surface area contributed by atoms with Gasteiger partial charge in [-0.3, -0.25) is 9.59 Å². The summed E-state index contributed by atoms with van der Waals surface area (Å²) in [5.41, 5.74) is 2.81. The Morgan fingerprint density at radius 2 is 1.89 bits per heavy atom. The summed E-state index contributed by atoms with van der Waals surface area (Å²) in [6, 6.07) is 11.0. The molecule has 194 valence electrons. The van der Waals surface area contributed by atoms with Gasteiger partial charge in [0.2, 0.25) is 15.6 Å². The Bertz CT molecular complexity index is 1580. The first-order valence-corrected chi connectivity index (χ1v) is 13.7. The van der Waals surface area contributed by atoms with Gasteiger partial charge < -0.3 is 14.6 Å². The van der Waals surface area contributed by atoms with Gasteiger partial charge in [-0.2, -0.15) is 0 Å². The maximum Gasteiger partial charge on any atom is 0.329 e. The summed E-state index contributed by atoms with van der Waals surface area (Å²) in [5, 5.41) is 0.835. The van der Waals surface area contributed by atoms with Crippen molar-refractivity contribution in [2.24, 2.45) is 5.92 Å². The van der Waals surface area contributed by atoms with Gasteiger partial charge in [-0.1, -0.05) is 6.07 Å². The van der Waals surface area contributed by atoms with Crippen molar-refractivity contribution >= 4 is 38.4 Å². The minimum atomic E-state index is -3.78. The lowest BCUT2D eigenvalue weighted by molar-refractivity contribution is -0.150. The van der Waals surface area contributed by atoms with E-state index in [0.29, 0.717) is 24.4 Å². The Kier molecular flexibility index (Phi) is 6.41. The molecular weight excluding hydrogens is 494 g/mol. The van der Waals surface area contributed by atoms with Gasteiger partial charge in [0.05, 0.1) is 11.5 Å². The van der Waals surface area contributed by atoms with E-state index in [0.717, 1.165) is 33.7 Å². The number of cyclic esters (lactones) is 1. The van der Waals surface area contributed by atoms with Gasteiger partial charge in [-0.05, 0) is 67.1 Å². The minimum Gasteiger partial charge on any atom is -0.464 e. The SMILES string of the molecule is Cc1cc(=O)[nH]c2ccc(CC(=O)c3cc(S(=O)(=O)N(C)C)ccc3N3CCC4CCOC(=O)C43)cc12. The zero-order chi connectivity index (χ0) is 26.5. The number of Topliss-reactive ketones (excluding diaryl/α,β-unsaturated/α-hetero) is 1. The van der Waals surface area contributed by atoms with Crippen LogP contribution in [0.15, 0.2) is 52.2 Å². The maximum atomic E-state index is 13.7. The molecule has 2 atom stereocenters. The number of rotatable bonds is 6. The summed E-state index contributed by atoms with van der Waals surface area (Å²) >= 11 is 0. The lowest BCUT2D eigenvalue weighted by Gasteiger charge is -2.32.